The minimum Gasteiger partial charge on any atom is -0.469 e. The molecular weight excluding hydrogens is 378 g/mol. The number of benzene rings is 1. The third-order valence-corrected chi connectivity index (χ3v) is 5.39. The molecule has 7 nitrogen and oxygen atoms in total. The molecule has 2 N–H and O–H groups in total. The van der Waals surface area contributed by atoms with E-state index in [0.717, 1.165) is 31.7 Å². The Balaban J connectivity index is 1.57. The number of carbonyl (C=O) groups is 1. The van der Waals surface area contributed by atoms with Gasteiger partial charge < -0.3 is 20.0 Å². The Morgan fingerprint density at radius 3 is 2.73 bits per heavy atom. The predicted molar refractivity (Wildman–Crippen MR) is 119 cm³/mol. The lowest BCUT2D eigenvalue weighted by molar-refractivity contribution is -0.127. The van der Waals surface area contributed by atoms with E-state index < -0.39 is 0 Å². The molecule has 2 unspecified atom stereocenters. The topological polar surface area (TPSA) is 73.1 Å². The van der Waals surface area contributed by atoms with Gasteiger partial charge in [0.1, 0.15) is 12.3 Å². The first kappa shape index (κ1) is 21.9. The van der Waals surface area contributed by atoms with E-state index in [4.69, 9.17) is 4.42 Å². The van der Waals surface area contributed by atoms with Gasteiger partial charge in [0.2, 0.25) is 5.91 Å². The summed E-state index contributed by atoms with van der Waals surface area (Å²) in [6.45, 7) is 4.96. The highest BCUT2D eigenvalue weighted by atomic mass is 16.3. The van der Waals surface area contributed by atoms with E-state index in [2.05, 4.69) is 51.7 Å². The zero-order valence-corrected chi connectivity index (χ0v) is 18.2. The normalized spacial score (nSPS) is 19.6. The van der Waals surface area contributed by atoms with Crippen LogP contribution in [-0.4, -0.2) is 67.5 Å². The summed E-state index contributed by atoms with van der Waals surface area (Å²) in [5.41, 5.74) is 1.33. The molecule has 0 bridgehead atoms. The van der Waals surface area contributed by atoms with Crippen LogP contribution < -0.4 is 10.6 Å². The van der Waals surface area contributed by atoms with E-state index in [9.17, 15) is 4.79 Å². The number of nitrogens with one attached hydrogen (secondary N) is 2. The molecule has 7 heteroatoms. The monoisotopic (exact) mass is 411 g/mol. The zero-order valence-electron chi connectivity index (χ0n) is 18.2. The van der Waals surface area contributed by atoms with Crippen LogP contribution in [0.15, 0.2) is 58.1 Å². The van der Waals surface area contributed by atoms with Crippen LogP contribution in [0.2, 0.25) is 0 Å². The Kier molecular flexibility index (Phi) is 7.90. The number of hydrogen-bond donors (Lipinski definition) is 2. The second-order valence-electron chi connectivity index (χ2n) is 8.05. The van der Waals surface area contributed by atoms with Crippen molar-refractivity contribution in [2.24, 2.45) is 4.99 Å². The van der Waals surface area contributed by atoms with E-state index in [1.54, 1.807) is 25.3 Å². The highest BCUT2D eigenvalue weighted by Crippen LogP contribution is 2.20. The first-order valence-corrected chi connectivity index (χ1v) is 10.6. The average molecular weight is 412 g/mol. The number of nitrogens with zero attached hydrogens (tertiary/aromatic N) is 3. The predicted octanol–water partition coefficient (Wildman–Crippen LogP) is 2.11. The standard InChI is InChI=1S/C23H33N5O2/c1-18-14-20(17-28(18)16-19-8-5-4-6-9-19)26-23(25-15-22(29)27(2)3)24-12-11-21-10-7-13-30-21/h4-10,13,18,20H,11-12,14-17H2,1-3H3,(H2,24,25,26). The molecule has 1 saturated heterocycles. The van der Waals surface area contributed by atoms with Crippen molar-refractivity contribution < 1.29 is 9.21 Å². The van der Waals surface area contributed by atoms with Gasteiger partial charge >= 0.3 is 0 Å². The minimum atomic E-state index is -0.0207. The van der Waals surface area contributed by atoms with Gasteiger partial charge in [0, 0.05) is 52.2 Å². The van der Waals surface area contributed by atoms with Crippen molar-refractivity contribution in [3.05, 3.63) is 60.1 Å². The number of likely N-dealkylation sites (tertiary alicyclic amines) is 1. The zero-order chi connectivity index (χ0) is 21.3. The Labute approximate surface area is 179 Å². The average Bonchev–Trinajstić information content (AvgIpc) is 3.36. The molecule has 1 aliphatic rings. The number of likely N-dealkylation sites (N-methyl/N-ethyl adjacent to an activating group) is 1. The Morgan fingerprint density at radius 2 is 2.03 bits per heavy atom. The fraction of sp³-hybridized carbons (Fsp3) is 0.478. The molecule has 1 aromatic carbocycles. The fourth-order valence-electron chi connectivity index (χ4n) is 3.63. The summed E-state index contributed by atoms with van der Waals surface area (Å²) in [7, 11) is 3.49. The number of furan rings is 1. The third kappa shape index (κ3) is 6.62. The molecule has 30 heavy (non-hydrogen) atoms. The number of rotatable bonds is 8. The highest BCUT2D eigenvalue weighted by Gasteiger charge is 2.29. The summed E-state index contributed by atoms with van der Waals surface area (Å²) in [5, 5.41) is 6.88. The first-order valence-electron chi connectivity index (χ1n) is 10.6. The fourth-order valence-corrected chi connectivity index (χ4v) is 3.63. The summed E-state index contributed by atoms with van der Waals surface area (Å²) in [6.07, 6.45) is 3.48. The Morgan fingerprint density at radius 1 is 1.23 bits per heavy atom. The SMILES string of the molecule is CC1CC(NC(=NCC(=O)N(C)C)NCCc2ccco2)CN1Cc1ccccc1. The maximum Gasteiger partial charge on any atom is 0.243 e. The second kappa shape index (κ2) is 10.8. The van der Waals surface area contributed by atoms with Crippen LogP contribution in [0.1, 0.15) is 24.7 Å². The van der Waals surface area contributed by atoms with Crippen LogP contribution in [-0.2, 0) is 17.8 Å². The van der Waals surface area contributed by atoms with Crippen LogP contribution in [0.25, 0.3) is 0 Å². The number of aliphatic imine (C=N–C) groups is 1. The molecule has 2 heterocycles. The summed E-state index contributed by atoms with van der Waals surface area (Å²) in [5.74, 6) is 1.58. The maximum atomic E-state index is 12.0. The van der Waals surface area contributed by atoms with Crippen LogP contribution in [0, 0.1) is 0 Å². The molecule has 1 amide bonds. The van der Waals surface area contributed by atoms with Crippen LogP contribution in [0.4, 0.5) is 0 Å². The second-order valence-corrected chi connectivity index (χ2v) is 8.05. The largest absolute Gasteiger partial charge is 0.469 e. The van der Waals surface area contributed by atoms with Gasteiger partial charge in [-0.3, -0.25) is 9.69 Å². The van der Waals surface area contributed by atoms with Crippen molar-refractivity contribution in [1.29, 1.82) is 0 Å². The third-order valence-electron chi connectivity index (χ3n) is 5.39. The van der Waals surface area contributed by atoms with E-state index >= 15 is 0 Å². The van der Waals surface area contributed by atoms with Gasteiger partial charge in [-0.25, -0.2) is 4.99 Å². The smallest absolute Gasteiger partial charge is 0.243 e. The van der Waals surface area contributed by atoms with Gasteiger partial charge in [-0.2, -0.15) is 0 Å². The first-order chi connectivity index (χ1) is 14.5. The van der Waals surface area contributed by atoms with Crippen molar-refractivity contribution in [2.45, 2.75) is 38.4 Å². The maximum absolute atomic E-state index is 12.0. The summed E-state index contributed by atoms with van der Waals surface area (Å²) in [4.78, 5) is 20.6. The van der Waals surface area contributed by atoms with E-state index in [-0.39, 0.29) is 18.5 Å². The van der Waals surface area contributed by atoms with Gasteiger partial charge in [0.15, 0.2) is 5.96 Å². The number of amides is 1. The molecule has 162 valence electrons. The lowest BCUT2D eigenvalue weighted by atomic mass is 10.2. The quantitative estimate of drug-likeness (QED) is 0.514. The highest BCUT2D eigenvalue weighted by molar-refractivity contribution is 5.85. The number of hydrogen-bond acceptors (Lipinski definition) is 4. The Hall–Kier alpha value is -2.80. The molecule has 0 spiro atoms. The summed E-state index contributed by atoms with van der Waals surface area (Å²) < 4.78 is 5.40. The van der Waals surface area contributed by atoms with Gasteiger partial charge in [-0.05, 0) is 31.0 Å². The van der Waals surface area contributed by atoms with Gasteiger partial charge in [-0.15, -0.1) is 0 Å². The van der Waals surface area contributed by atoms with Crippen molar-refractivity contribution in [3.8, 4) is 0 Å². The molecule has 0 radical (unpaired) electrons. The number of carbonyl (C=O) groups excluding carboxylic acids is 1. The van der Waals surface area contributed by atoms with Gasteiger partial charge in [-0.1, -0.05) is 30.3 Å². The molecule has 3 rings (SSSR count). The molecule has 1 aliphatic heterocycles. The molecule has 1 fully saturated rings. The van der Waals surface area contributed by atoms with Crippen molar-refractivity contribution in [2.75, 3.05) is 33.7 Å². The van der Waals surface area contributed by atoms with Crippen LogP contribution >= 0.6 is 0 Å². The van der Waals surface area contributed by atoms with Gasteiger partial charge in [0.05, 0.1) is 6.26 Å². The summed E-state index contributed by atoms with van der Waals surface area (Å²) in [6, 6.07) is 15.2. The van der Waals surface area contributed by atoms with Crippen molar-refractivity contribution >= 4 is 11.9 Å². The van der Waals surface area contributed by atoms with Crippen LogP contribution in [0.3, 0.4) is 0 Å². The van der Waals surface area contributed by atoms with Crippen molar-refractivity contribution in [1.82, 2.24) is 20.4 Å². The molecule has 0 aliphatic carbocycles. The van der Waals surface area contributed by atoms with E-state index in [1.165, 1.54) is 5.56 Å². The number of guanidine groups is 1. The Bertz CT molecular complexity index is 804. The molecule has 2 aromatic rings. The minimum absolute atomic E-state index is 0.0207. The molecule has 2 atom stereocenters. The lowest BCUT2D eigenvalue weighted by Crippen LogP contribution is -2.45. The lowest BCUT2D eigenvalue weighted by Gasteiger charge is -2.21. The van der Waals surface area contributed by atoms with Crippen molar-refractivity contribution in [3.63, 3.8) is 0 Å². The molecule has 0 saturated carbocycles. The van der Waals surface area contributed by atoms with Crippen LogP contribution in [0.5, 0.6) is 0 Å². The van der Waals surface area contributed by atoms with Gasteiger partial charge in [0.25, 0.3) is 0 Å². The van der Waals surface area contributed by atoms with E-state index in [0.29, 0.717) is 18.5 Å². The van der Waals surface area contributed by atoms with E-state index in [1.807, 2.05) is 18.2 Å². The summed E-state index contributed by atoms with van der Waals surface area (Å²) >= 11 is 0. The molecular formula is C23H33N5O2. The molecule has 1 aromatic heterocycles.